The molecule has 5 nitrogen and oxygen atoms in total. The zero-order chi connectivity index (χ0) is 8.81. The zero-order valence-corrected chi connectivity index (χ0v) is 6.91. The van der Waals surface area contributed by atoms with E-state index in [2.05, 4.69) is 5.32 Å². The van der Waals surface area contributed by atoms with Gasteiger partial charge >= 0.3 is 0 Å². The van der Waals surface area contributed by atoms with Gasteiger partial charge in [0.05, 0.1) is 25.9 Å². The summed E-state index contributed by atoms with van der Waals surface area (Å²) in [6, 6.07) is 0.460. The number of rotatable bonds is 6. The van der Waals surface area contributed by atoms with E-state index in [-0.39, 0.29) is 6.61 Å². The summed E-state index contributed by atoms with van der Waals surface area (Å²) in [5.41, 5.74) is 4.87. The number of amides is 1. The van der Waals surface area contributed by atoms with Crippen LogP contribution in [0.3, 0.4) is 0 Å². The van der Waals surface area contributed by atoms with E-state index >= 15 is 0 Å². The Hall–Kier alpha value is -0.650. The van der Waals surface area contributed by atoms with Crippen molar-refractivity contribution in [1.29, 1.82) is 0 Å². The summed E-state index contributed by atoms with van der Waals surface area (Å²) < 4.78 is 9.89. The van der Waals surface area contributed by atoms with Gasteiger partial charge in [0.15, 0.2) is 0 Å². The van der Waals surface area contributed by atoms with Crippen LogP contribution in [0.2, 0.25) is 0 Å². The molecule has 0 spiro atoms. The molecule has 0 aromatic carbocycles. The molecule has 70 valence electrons. The van der Waals surface area contributed by atoms with Gasteiger partial charge in [-0.1, -0.05) is 0 Å². The van der Waals surface area contributed by atoms with Crippen LogP contribution in [0.25, 0.3) is 0 Å². The third kappa shape index (κ3) is 3.66. The molecule has 0 saturated carbocycles. The lowest BCUT2D eigenvalue weighted by Gasteiger charge is -2.26. The smallest absolute Gasteiger partial charge is 0.243 e. The number of nitrogens with one attached hydrogen (secondary N) is 1. The maximum absolute atomic E-state index is 10.2. The first kappa shape index (κ1) is 9.44. The summed E-state index contributed by atoms with van der Waals surface area (Å²) >= 11 is 0. The number of carbonyl (C=O) groups excluding carboxylic acids is 1. The van der Waals surface area contributed by atoms with Crippen LogP contribution >= 0.6 is 0 Å². The highest BCUT2D eigenvalue weighted by molar-refractivity contribution is 5.74. The first-order chi connectivity index (χ1) is 5.79. The van der Waals surface area contributed by atoms with E-state index in [1.807, 2.05) is 0 Å². The molecule has 12 heavy (non-hydrogen) atoms. The molecule has 1 rings (SSSR count). The molecule has 3 N–H and O–H groups in total. The quantitative estimate of drug-likeness (QED) is 0.479. The summed E-state index contributed by atoms with van der Waals surface area (Å²) in [4.78, 5) is 10.2. The number of hydrogen-bond donors (Lipinski definition) is 2. The second-order valence-corrected chi connectivity index (χ2v) is 2.71. The van der Waals surface area contributed by atoms with Gasteiger partial charge in [-0.2, -0.15) is 0 Å². The van der Waals surface area contributed by atoms with Gasteiger partial charge < -0.3 is 20.5 Å². The molecule has 0 bridgehead atoms. The van der Waals surface area contributed by atoms with Gasteiger partial charge in [-0.25, -0.2) is 0 Å². The highest BCUT2D eigenvalue weighted by Gasteiger charge is 2.16. The van der Waals surface area contributed by atoms with Crippen LogP contribution in [0, 0.1) is 0 Å². The molecule has 0 atom stereocenters. The van der Waals surface area contributed by atoms with E-state index in [9.17, 15) is 4.79 Å². The maximum atomic E-state index is 10.2. The van der Waals surface area contributed by atoms with Crippen molar-refractivity contribution in [1.82, 2.24) is 5.32 Å². The lowest BCUT2D eigenvalue weighted by Crippen LogP contribution is -2.47. The topological polar surface area (TPSA) is 73.6 Å². The van der Waals surface area contributed by atoms with Crippen molar-refractivity contribution >= 4 is 5.91 Å². The first-order valence-corrected chi connectivity index (χ1v) is 3.96. The normalized spacial score (nSPS) is 17.3. The minimum absolute atomic E-state index is 0.00282. The SMILES string of the molecule is NC(=O)COCCNC1COC1. The third-order valence-electron chi connectivity index (χ3n) is 1.56. The van der Waals surface area contributed by atoms with Crippen molar-refractivity contribution in [2.75, 3.05) is 33.0 Å². The predicted octanol–water partition coefficient (Wildman–Crippen LogP) is -1.52. The molecular formula is C7H14N2O3. The Labute approximate surface area is 71.2 Å². The number of carbonyl (C=O) groups is 1. The average molecular weight is 174 g/mol. The molecule has 1 aliphatic heterocycles. The summed E-state index contributed by atoms with van der Waals surface area (Å²) in [6.45, 7) is 2.80. The van der Waals surface area contributed by atoms with Gasteiger partial charge in [-0.15, -0.1) is 0 Å². The van der Waals surface area contributed by atoms with Crippen molar-refractivity contribution in [2.24, 2.45) is 5.73 Å². The van der Waals surface area contributed by atoms with Crippen molar-refractivity contribution in [3.8, 4) is 0 Å². The first-order valence-electron chi connectivity index (χ1n) is 3.96. The molecule has 1 aliphatic rings. The van der Waals surface area contributed by atoms with Crippen LogP contribution in [-0.2, 0) is 14.3 Å². The molecule has 0 aromatic heterocycles. The molecule has 0 radical (unpaired) electrons. The standard InChI is InChI=1S/C7H14N2O3/c8-7(10)5-11-2-1-9-6-3-12-4-6/h6,9H,1-5H2,(H2,8,10). The van der Waals surface area contributed by atoms with Gasteiger partial charge in [-0.05, 0) is 0 Å². The van der Waals surface area contributed by atoms with Gasteiger partial charge in [0.2, 0.25) is 5.91 Å². The Morgan fingerprint density at radius 2 is 2.42 bits per heavy atom. The minimum Gasteiger partial charge on any atom is -0.378 e. The molecule has 1 amide bonds. The number of ether oxygens (including phenoxy) is 2. The van der Waals surface area contributed by atoms with Crippen LogP contribution in [0.4, 0.5) is 0 Å². The van der Waals surface area contributed by atoms with Crippen molar-refractivity contribution in [3.63, 3.8) is 0 Å². The maximum Gasteiger partial charge on any atom is 0.243 e. The second-order valence-electron chi connectivity index (χ2n) is 2.71. The fourth-order valence-corrected chi connectivity index (χ4v) is 0.862. The molecule has 1 heterocycles. The largest absolute Gasteiger partial charge is 0.378 e. The summed E-state index contributed by atoms with van der Waals surface area (Å²) in [5, 5.41) is 3.19. The van der Waals surface area contributed by atoms with E-state index in [4.69, 9.17) is 15.2 Å². The van der Waals surface area contributed by atoms with Gasteiger partial charge in [0.1, 0.15) is 6.61 Å². The van der Waals surface area contributed by atoms with E-state index in [1.165, 1.54) is 0 Å². The van der Waals surface area contributed by atoms with Crippen LogP contribution in [0.5, 0.6) is 0 Å². The number of hydrogen-bond acceptors (Lipinski definition) is 4. The van der Waals surface area contributed by atoms with Crippen molar-refractivity contribution in [2.45, 2.75) is 6.04 Å². The summed E-state index contributed by atoms with van der Waals surface area (Å²) in [7, 11) is 0. The lowest BCUT2D eigenvalue weighted by atomic mass is 10.2. The molecular weight excluding hydrogens is 160 g/mol. The van der Waals surface area contributed by atoms with Gasteiger partial charge in [0.25, 0.3) is 0 Å². The number of primary amides is 1. The van der Waals surface area contributed by atoms with Crippen LogP contribution in [0.1, 0.15) is 0 Å². The number of nitrogens with two attached hydrogens (primary N) is 1. The minimum atomic E-state index is -0.429. The van der Waals surface area contributed by atoms with E-state index < -0.39 is 5.91 Å². The Balaban J connectivity index is 1.79. The third-order valence-corrected chi connectivity index (χ3v) is 1.56. The molecule has 1 saturated heterocycles. The molecule has 0 unspecified atom stereocenters. The van der Waals surface area contributed by atoms with Crippen LogP contribution in [0.15, 0.2) is 0 Å². The van der Waals surface area contributed by atoms with Crippen molar-refractivity contribution < 1.29 is 14.3 Å². The summed E-state index contributed by atoms with van der Waals surface area (Å²) in [5.74, 6) is -0.429. The predicted molar refractivity (Wildman–Crippen MR) is 42.6 cm³/mol. The van der Waals surface area contributed by atoms with Crippen LogP contribution < -0.4 is 11.1 Å². The fraction of sp³-hybridized carbons (Fsp3) is 0.857. The molecule has 0 aromatic rings. The fourth-order valence-electron chi connectivity index (χ4n) is 0.862. The van der Waals surface area contributed by atoms with Crippen molar-refractivity contribution in [3.05, 3.63) is 0 Å². The zero-order valence-electron chi connectivity index (χ0n) is 6.91. The average Bonchev–Trinajstić information content (AvgIpc) is 1.92. The van der Waals surface area contributed by atoms with Gasteiger partial charge in [0, 0.05) is 6.54 Å². The Bertz CT molecular complexity index is 148. The Morgan fingerprint density at radius 3 is 2.92 bits per heavy atom. The highest BCUT2D eigenvalue weighted by atomic mass is 16.5. The van der Waals surface area contributed by atoms with Crippen LogP contribution in [-0.4, -0.2) is 44.9 Å². The van der Waals surface area contributed by atoms with Gasteiger partial charge in [-0.3, -0.25) is 4.79 Å². The van der Waals surface area contributed by atoms with E-state index in [1.54, 1.807) is 0 Å². The molecule has 5 heteroatoms. The highest BCUT2D eigenvalue weighted by Crippen LogP contribution is 1.97. The Morgan fingerprint density at radius 1 is 1.67 bits per heavy atom. The van der Waals surface area contributed by atoms with E-state index in [0.29, 0.717) is 12.6 Å². The Kier molecular flexibility index (Phi) is 3.99. The van der Waals surface area contributed by atoms with E-state index in [0.717, 1.165) is 19.8 Å². The lowest BCUT2D eigenvalue weighted by molar-refractivity contribution is -0.122. The monoisotopic (exact) mass is 174 g/mol. The second kappa shape index (κ2) is 5.08. The molecule has 1 fully saturated rings. The molecule has 0 aliphatic carbocycles. The summed E-state index contributed by atoms with van der Waals surface area (Å²) in [6.07, 6.45) is 0.